The van der Waals surface area contributed by atoms with Gasteiger partial charge < -0.3 is 0 Å². The molecular weight excluding hydrogens is 471 g/mol. The van der Waals surface area contributed by atoms with E-state index in [1.807, 2.05) is 60.1 Å². The van der Waals surface area contributed by atoms with Crippen molar-refractivity contribution >= 4 is 61.5 Å². The van der Waals surface area contributed by atoms with Crippen LogP contribution in [0.5, 0.6) is 0 Å². The van der Waals surface area contributed by atoms with Gasteiger partial charge in [-0.15, -0.1) is 11.3 Å². The van der Waals surface area contributed by atoms with Crippen LogP contribution in [0.3, 0.4) is 0 Å². The molecule has 2 aliphatic heterocycles. The first-order chi connectivity index (χ1) is 14.9. The molecule has 0 spiro atoms. The maximum absolute atomic E-state index is 13.1. The summed E-state index contributed by atoms with van der Waals surface area (Å²) in [4.78, 5) is 16.1. The van der Waals surface area contributed by atoms with E-state index in [4.69, 9.17) is 17.3 Å². The highest BCUT2D eigenvalue weighted by atomic mass is 32.2. The van der Waals surface area contributed by atoms with Gasteiger partial charge in [0.15, 0.2) is 9.84 Å². The van der Waals surface area contributed by atoms with E-state index in [2.05, 4.69) is 0 Å². The Bertz CT molecular complexity index is 1290. The van der Waals surface area contributed by atoms with E-state index in [9.17, 15) is 13.2 Å². The molecule has 0 unspecified atom stereocenters. The van der Waals surface area contributed by atoms with Gasteiger partial charge in [-0.3, -0.25) is 9.69 Å². The van der Waals surface area contributed by atoms with Gasteiger partial charge in [-0.1, -0.05) is 48.2 Å². The summed E-state index contributed by atoms with van der Waals surface area (Å²) < 4.78 is 26.0. The number of carbonyl (C=O) groups is 1. The second kappa shape index (κ2) is 8.01. The lowest BCUT2D eigenvalue weighted by molar-refractivity contribution is -0.123. The van der Waals surface area contributed by atoms with E-state index in [1.165, 1.54) is 16.7 Å². The van der Waals surface area contributed by atoms with Crippen molar-refractivity contribution in [2.24, 2.45) is 0 Å². The average molecular weight is 488 g/mol. The van der Waals surface area contributed by atoms with Gasteiger partial charge in [-0.05, 0) is 36.1 Å². The zero-order chi connectivity index (χ0) is 21.6. The van der Waals surface area contributed by atoms with Crippen LogP contribution in [-0.2, 0) is 14.6 Å². The lowest BCUT2D eigenvalue weighted by atomic mass is 10.2. The Balaban J connectivity index is 1.52. The number of sulfone groups is 1. The predicted molar refractivity (Wildman–Crippen MR) is 129 cm³/mol. The molecule has 0 aliphatic carbocycles. The third kappa shape index (κ3) is 4.00. The second-order valence-electron chi connectivity index (χ2n) is 7.30. The Kier molecular flexibility index (Phi) is 5.33. The molecule has 2 aromatic heterocycles. The summed E-state index contributed by atoms with van der Waals surface area (Å²) in [6.07, 6.45) is 4.13. The fraction of sp³-hybridized carbons (Fsp3) is 0.190. The molecule has 4 heterocycles. The maximum Gasteiger partial charge on any atom is 0.266 e. The summed E-state index contributed by atoms with van der Waals surface area (Å²) in [7, 11) is -3.11. The van der Waals surface area contributed by atoms with Gasteiger partial charge >= 0.3 is 0 Å². The number of thioether (sulfide) groups is 1. The number of carbonyl (C=O) groups excluding carboxylic acids is 1. The topological polar surface area (TPSA) is 72.3 Å². The second-order valence-corrected chi connectivity index (χ2v) is 12.2. The standard InChI is InChI=1S/C21H17N3O3S4/c25-20-18(30-21(28)24(20)16-8-10-31(26,27)13-16)11-14-12-23(15-5-2-1-3-6-15)22-19(14)17-7-4-9-29-17/h1-7,9,11-12,16H,8,10,13H2/b18-11+/t16-/m1/s1. The fourth-order valence-electron chi connectivity index (χ4n) is 3.73. The van der Waals surface area contributed by atoms with Crippen LogP contribution in [0.15, 0.2) is 58.9 Å². The number of rotatable bonds is 4. The molecule has 2 fully saturated rings. The molecule has 1 amide bonds. The molecule has 0 radical (unpaired) electrons. The third-order valence-electron chi connectivity index (χ3n) is 5.20. The van der Waals surface area contributed by atoms with Crippen LogP contribution in [0.25, 0.3) is 22.3 Å². The van der Waals surface area contributed by atoms with Gasteiger partial charge in [-0.25, -0.2) is 13.1 Å². The van der Waals surface area contributed by atoms with Crippen LogP contribution < -0.4 is 0 Å². The first kappa shape index (κ1) is 20.6. The van der Waals surface area contributed by atoms with Gasteiger partial charge in [0.1, 0.15) is 10.0 Å². The van der Waals surface area contributed by atoms with Gasteiger partial charge in [0.2, 0.25) is 0 Å². The lowest BCUT2D eigenvalue weighted by Crippen LogP contribution is -2.39. The minimum absolute atomic E-state index is 0.0287. The number of thiocarbonyl (C=S) groups is 1. The Morgan fingerprint density at radius 3 is 2.65 bits per heavy atom. The van der Waals surface area contributed by atoms with Gasteiger partial charge in [-0.2, -0.15) is 5.10 Å². The highest BCUT2D eigenvalue weighted by molar-refractivity contribution is 8.26. The Labute approximate surface area is 193 Å². The molecule has 0 saturated carbocycles. The largest absolute Gasteiger partial charge is 0.289 e. The summed E-state index contributed by atoms with van der Waals surface area (Å²) in [6, 6.07) is 13.4. The monoisotopic (exact) mass is 487 g/mol. The minimum Gasteiger partial charge on any atom is -0.289 e. The van der Waals surface area contributed by atoms with Crippen molar-refractivity contribution < 1.29 is 13.2 Å². The van der Waals surface area contributed by atoms with Gasteiger partial charge in [0.25, 0.3) is 5.91 Å². The third-order valence-corrected chi connectivity index (χ3v) is 9.16. The molecule has 1 atom stereocenters. The normalized spacial score (nSPS) is 22.0. The zero-order valence-electron chi connectivity index (χ0n) is 16.2. The van der Waals surface area contributed by atoms with Crippen LogP contribution in [0, 0.1) is 0 Å². The van der Waals surface area contributed by atoms with Crippen LogP contribution in [0.1, 0.15) is 12.0 Å². The van der Waals surface area contributed by atoms with E-state index in [1.54, 1.807) is 16.0 Å². The van der Waals surface area contributed by atoms with Gasteiger partial charge in [0, 0.05) is 11.8 Å². The number of amides is 1. The molecule has 31 heavy (non-hydrogen) atoms. The lowest BCUT2D eigenvalue weighted by Gasteiger charge is -2.20. The molecule has 6 nitrogen and oxygen atoms in total. The fourth-order valence-corrected chi connectivity index (χ4v) is 7.55. The van der Waals surface area contributed by atoms with E-state index in [0.29, 0.717) is 15.6 Å². The summed E-state index contributed by atoms with van der Waals surface area (Å²) >= 11 is 8.22. The van der Waals surface area contributed by atoms with Crippen LogP contribution in [-0.4, -0.2) is 50.9 Å². The average Bonchev–Trinajstić information content (AvgIpc) is 3.51. The number of nitrogens with zero attached hydrogens (tertiary/aromatic N) is 3. The van der Waals surface area contributed by atoms with Gasteiger partial charge in [0.05, 0.1) is 33.0 Å². The summed E-state index contributed by atoms with van der Waals surface area (Å²) in [6.45, 7) is 0. The number of hydrogen-bond acceptors (Lipinski definition) is 7. The molecule has 1 aromatic carbocycles. The molecule has 2 aliphatic rings. The summed E-state index contributed by atoms with van der Waals surface area (Å²) in [5.41, 5.74) is 2.52. The zero-order valence-corrected chi connectivity index (χ0v) is 19.4. The molecule has 3 aromatic rings. The number of aromatic nitrogens is 2. The summed E-state index contributed by atoms with van der Waals surface area (Å²) in [5, 5.41) is 6.75. The summed E-state index contributed by atoms with van der Waals surface area (Å²) in [5.74, 6) is -0.166. The highest BCUT2D eigenvalue weighted by Crippen LogP contribution is 2.38. The predicted octanol–water partition coefficient (Wildman–Crippen LogP) is 3.99. The molecule has 0 bridgehead atoms. The van der Waals surface area contributed by atoms with Crippen molar-refractivity contribution in [3.8, 4) is 16.3 Å². The van der Waals surface area contributed by atoms with Crippen molar-refractivity contribution in [1.82, 2.24) is 14.7 Å². The number of hydrogen-bond donors (Lipinski definition) is 0. The molecule has 158 valence electrons. The molecule has 2 saturated heterocycles. The number of thiophene rings is 1. The van der Waals surface area contributed by atoms with E-state index in [0.717, 1.165) is 21.8 Å². The van der Waals surface area contributed by atoms with Crippen molar-refractivity contribution in [2.75, 3.05) is 11.5 Å². The molecule has 5 rings (SSSR count). The van der Waals surface area contributed by atoms with Crippen molar-refractivity contribution in [1.29, 1.82) is 0 Å². The molecular formula is C21H17N3O3S4. The van der Waals surface area contributed by atoms with Crippen molar-refractivity contribution in [2.45, 2.75) is 12.5 Å². The van der Waals surface area contributed by atoms with E-state index in [-0.39, 0.29) is 23.5 Å². The maximum atomic E-state index is 13.1. The Morgan fingerprint density at radius 1 is 1.16 bits per heavy atom. The van der Waals surface area contributed by atoms with E-state index >= 15 is 0 Å². The molecule has 10 heteroatoms. The van der Waals surface area contributed by atoms with E-state index < -0.39 is 9.84 Å². The first-order valence-corrected chi connectivity index (χ1v) is 13.5. The number of benzene rings is 1. The Morgan fingerprint density at radius 2 is 1.97 bits per heavy atom. The Hall–Kier alpha value is -2.27. The van der Waals surface area contributed by atoms with Crippen LogP contribution in [0.2, 0.25) is 0 Å². The van der Waals surface area contributed by atoms with Crippen LogP contribution in [0.4, 0.5) is 0 Å². The van der Waals surface area contributed by atoms with Crippen molar-refractivity contribution in [3.05, 3.63) is 64.5 Å². The molecule has 0 N–H and O–H groups in total. The SMILES string of the molecule is O=C1/C(=C\c2cn(-c3ccccc3)nc2-c2cccs2)SC(=S)N1[C@@H]1CCS(=O)(=O)C1. The quantitative estimate of drug-likeness (QED) is 0.409. The minimum atomic E-state index is -3.11. The number of para-hydroxylation sites is 1. The van der Waals surface area contributed by atoms with Crippen LogP contribution >= 0.6 is 35.3 Å². The van der Waals surface area contributed by atoms with Crippen molar-refractivity contribution in [3.63, 3.8) is 0 Å². The first-order valence-electron chi connectivity index (χ1n) is 9.58. The highest BCUT2D eigenvalue weighted by Gasteiger charge is 2.42. The smallest absolute Gasteiger partial charge is 0.266 e.